The van der Waals surface area contributed by atoms with Gasteiger partial charge >= 0.3 is 0 Å². The van der Waals surface area contributed by atoms with Crippen molar-refractivity contribution in [3.63, 3.8) is 0 Å². The topological polar surface area (TPSA) is 109 Å². The number of hydrogen-bond donors (Lipinski definition) is 4. The maximum absolute atomic E-state index is 14.0. The maximum Gasteiger partial charge on any atom is 0.243 e. The van der Waals surface area contributed by atoms with Crippen LogP contribution in [-0.2, 0) is 27.2 Å². The fraction of sp³-hybridized carbons (Fsp3) is 0.531. The normalized spacial score (nSPS) is 23.5. The number of para-hydroxylation sites is 1. The van der Waals surface area contributed by atoms with Crippen molar-refractivity contribution in [1.29, 1.82) is 0 Å². The second-order valence-electron chi connectivity index (χ2n) is 11.7. The third kappa shape index (κ3) is 10.1. The Morgan fingerprint density at radius 3 is 2.39 bits per heavy atom. The van der Waals surface area contributed by atoms with Gasteiger partial charge in [-0.15, -0.1) is 0 Å². The summed E-state index contributed by atoms with van der Waals surface area (Å²) in [4.78, 5) is 40.2. The van der Waals surface area contributed by atoms with Crippen molar-refractivity contribution in [2.24, 2.45) is 11.8 Å². The number of rotatable bonds is 5. The van der Waals surface area contributed by atoms with Gasteiger partial charge in [-0.25, -0.2) is 4.39 Å². The molecule has 8 nitrogen and oxygen atoms in total. The van der Waals surface area contributed by atoms with Gasteiger partial charge in [0.15, 0.2) is 0 Å². The summed E-state index contributed by atoms with van der Waals surface area (Å²) < 4.78 is 20.1. The highest BCUT2D eigenvalue weighted by atomic mass is 19.1. The Hall–Kier alpha value is -3.46. The molecule has 3 amide bonds. The maximum atomic E-state index is 14.0. The molecule has 0 radical (unpaired) electrons. The van der Waals surface area contributed by atoms with E-state index in [-0.39, 0.29) is 41.9 Å². The number of halogens is 1. The van der Waals surface area contributed by atoms with E-state index in [4.69, 9.17) is 4.74 Å². The first-order valence-electron chi connectivity index (χ1n) is 14.6. The Labute approximate surface area is 243 Å². The summed E-state index contributed by atoms with van der Waals surface area (Å²) >= 11 is 0. The van der Waals surface area contributed by atoms with Gasteiger partial charge in [0.25, 0.3) is 0 Å². The molecule has 0 bridgehead atoms. The molecule has 41 heavy (non-hydrogen) atoms. The van der Waals surface area contributed by atoms with E-state index >= 15 is 0 Å². The SMILES string of the molecule is CC(C)C[C@@H]1NC(=O)[C@@H](C(C)C)NC(=O)[C@@H](Cc2cccc(F)c2)N[C@@H](C)COc2ccccc2CCCNC1=O. The number of nitrogens with one attached hydrogen (secondary N) is 4. The molecule has 0 saturated carbocycles. The minimum atomic E-state index is -0.862. The van der Waals surface area contributed by atoms with Gasteiger partial charge < -0.3 is 20.7 Å². The van der Waals surface area contributed by atoms with Crippen LogP contribution in [0.4, 0.5) is 4.39 Å². The number of amides is 3. The van der Waals surface area contributed by atoms with E-state index in [0.717, 1.165) is 11.3 Å². The van der Waals surface area contributed by atoms with Crippen molar-refractivity contribution < 1.29 is 23.5 Å². The third-order valence-electron chi connectivity index (χ3n) is 7.10. The molecule has 9 heteroatoms. The van der Waals surface area contributed by atoms with Crippen LogP contribution in [-0.4, -0.2) is 55.0 Å². The molecule has 4 N–H and O–H groups in total. The lowest BCUT2D eigenvalue weighted by Crippen LogP contribution is -2.59. The zero-order valence-electron chi connectivity index (χ0n) is 24.8. The summed E-state index contributed by atoms with van der Waals surface area (Å²) in [6.45, 7) is 10.4. The summed E-state index contributed by atoms with van der Waals surface area (Å²) in [6.07, 6.45) is 2.10. The van der Waals surface area contributed by atoms with Gasteiger partial charge in [-0.2, -0.15) is 0 Å². The van der Waals surface area contributed by atoms with Crippen molar-refractivity contribution in [2.45, 2.75) is 84.5 Å². The number of hydrogen-bond acceptors (Lipinski definition) is 5. The fourth-order valence-electron chi connectivity index (χ4n) is 4.95. The van der Waals surface area contributed by atoms with Crippen LogP contribution in [0.15, 0.2) is 48.5 Å². The quantitative estimate of drug-likeness (QED) is 0.442. The van der Waals surface area contributed by atoms with Gasteiger partial charge in [-0.1, -0.05) is 58.0 Å². The number of benzene rings is 2. The second kappa shape index (κ2) is 15.5. The Kier molecular flexibility index (Phi) is 12.1. The molecule has 1 aliphatic heterocycles. The van der Waals surface area contributed by atoms with Gasteiger partial charge in [0.05, 0.1) is 6.04 Å². The summed E-state index contributed by atoms with van der Waals surface area (Å²) in [5.74, 6) is -0.743. The van der Waals surface area contributed by atoms with E-state index in [1.54, 1.807) is 12.1 Å². The van der Waals surface area contributed by atoms with E-state index in [1.807, 2.05) is 58.9 Å². The number of ether oxygens (including phenoxy) is 1. The Morgan fingerprint density at radius 1 is 0.927 bits per heavy atom. The lowest BCUT2D eigenvalue weighted by molar-refractivity contribution is -0.133. The summed E-state index contributed by atoms with van der Waals surface area (Å²) in [5.41, 5.74) is 1.67. The van der Waals surface area contributed by atoms with Gasteiger partial charge in [-0.3, -0.25) is 19.7 Å². The van der Waals surface area contributed by atoms with E-state index in [1.165, 1.54) is 12.1 Å². The minimum absolute atomic E-state index is 0.168. The zero-order chi connectivity index (χ0) is 29.9. The highest BCUT2D eigenvalue weighted by Gasteiger charge is 2.32. The lowest BCUT2D eigenvalue weighted by Gasteiger charge is -2.29. The molecule has 224 valence electrons. The molecule has 0 spiro atoms. The molecular weight excluding hydrogens is 523 g/mol. The molecule has 2 aromatic carbocycles. The molecule has 0 fully saturated rings. The smallest absolute Gasteiger partial charge is 0.243 e. The number of carbonyl (C=O) groups excluding carboxylic acids is 3. The van der Waals surface area contributed by atoms with Crippen molar-refractivity contribution in [3.05, 3.63) is 65.5 Å². The highest BCUT2D eigenvalue weighted by molar-refractivity contribution is 5.93. The minimum Gasteiger partial charge on any atom is -0.492 e. The van der Waals surface area contributed by atoms with Crippen LogP contribution in [0.2, 0.25) is 0 Å². The first kappa shape index (κ1) is 32.1. The zero-order valence-corrected chi connectivity index (χ0v) is 24.8. The van der Waals surface area contributed by atoms with Gasteiger partial charge in [0, 0.05) is 12.6 Å². The number of fused-ring (bicyclic) bond motifs is 1. The van der Waals surface area contributed by atoms with E-state index in [9.17, 15) is 18.8 Å². The van der Waals surface area contributed by atoms with Crippen molar-refractivity contribution in [3.8, 4) is 5.75 Å². The molecule has 0 aromatic heterocycles. The van der Waals surface area contributed by atoms with Crippen LogP contribution in [0.5, 0.6) is 5.75 Å². The van der Waals surface area contributed by atoms with Crippen LogP contribution in [0.25, 0.3) is 0 Å². The first-order valence-corrected chi connectivity index (χ1v) is 14.6. The molecule has 4 atom stereocenters. The second-order valence-corrected chi connectivity index (χ2v) is 11.7. The monoisotopic (exact) mass is 568 g/mol. The average molecular weight is 569 g/mol. The Balaban J connectivity index is 1.91. The number of aryl methyl sites for hydroxylation is 1. The lowest BCUT2D eigenvalue weighted by atomic mass is 9.98. The van der Waals surface area contributed by atoms with Crippen LogP contribution >= 0.6 is 0 Å². The van der Waals surface area contributed by atoms with Crippen LogP contribution in [0, 0.1) is 17.7 Å². The van der Waals surface area contributed by atoms with E-state index in [2.05, 4.69) is 21.3 Å². The largest absolute Gasteiger partial charge is 0.492 e. The fourth-order valence-corrected chi connectivity index (χ4v) is 4.95. The predicted octanol–water partition coefficient (Wildman–Crippen LogP) is 3.53. The molecule has 2 aromatic rings. The molecular formula is C32H45FN4O4. The van der Waals surface area contributed by atoms with Crippen LogP contribution < -0.4 is 26.0 Å². The summed E-state index contributed by atoms with van der Waals surface area (Å²) in [7, 11) is 0. The first-order chi connectivity index (χ1) is 19.5. The van der Waals surface area contributed by atoms with Crippen LogP contribution in [0.1, 0.15) is 58.6 Å². The molecule has 0 aliphatic carbocycles. The van der Waals surface area contributed by atoms with E-state index < -0.39 is 24.0 Å². The third-order valence-corrected chi connectivity index (χ3v) is 7.10. The highest BCUT2D eigenvalue weighted by Crippen LogP contribution is 2.20. The van der Waals surface area contributed by atoms with Crippen molar-refractivity contribution >= 4 is 17.7 Å². The van der Waals surface area contributed by atoms with Crippen molar-refractivity contribution in [1.82, 2.24) is 21.3 Å². The van der Waals surface area contributed by atoms with E-state index in [0.29, 0.717) is 38.0 Å². The predicted molar refractivity (Wildman–Crippen MR) is 158 cm³/mol. The van der Waals surface area contributed by atoms with Gasteiger partial charge in [0.2, 0.25) is 17.7 Å². The van der Waals surface area contributed by atoms with Gasteiger partial charge in [0.1, 0.15) is 30.3 Å². The molecule has 0 unspecified atom stereocenters. The Bertz CT molecular complexity index is 1170. The summed E-state index contributed by atoms with van der Waals surface area (Å²) in [5, 5.41) is 12.1. The van der Waals surface area contributed by atoms with Crippen molar-refractivity contribution in [2.75, 3.05) is 13.2 Å². The number of carbonyl (C=O) groups is 3. The Morgan fingerprint density at radius 2 is 1.68 bits per heavy atom. The molecule has 1 aliphatic rings. The van der Waals surface area contributed by atoms with Crippen LogP contribution in [0.3, 0.4) is 0 Å². The summed E-state index contributed by atoms with van der Waals surface area (Å²) in [6, 6.07) is 11.3. The standard InChI is InChI=1S/C32H45FN4O4/c1-20(2)16-26-30(38)34-15-9-12-24-11-6-7-14-28(24)41-19-22(5)35-27(18-23-10-8-13-25(33)17-23)31(39)37-29(21(3)4)32(40)36-26/h6-8,10-11,13-14,17,20-22,26-27,29,35H,9,12,15-16,18-19H2,1-5H3,(H,34,38)(H,36,40)(H,37,39)/t22-,26-,27+,29+/m0/s1. The molecule has 3 rings (SSSR count). The molecule has 0 saturated heterocycles. The van der Waals surface area contributed by atoms with Gasteiger partial charge in [-0.05, 0) is 73.8 Å². The molecule has 1 heterocycles. The average Bonchev–Trinajstić information content (AvgIpc) is 2.91.